The van der Waals surface area contributed by atoms with Crippen molar-refractivity contribution in [3.8, 4) is 0 Å². The molecule has 1 aromatic carbocycles. The fourth-order valence-corrected chi connectivity index (χ4v) is 3.55. The zero-order valence-corrected chi connectivity index (χ0v) is 13.3. The molecule has 0 aromatic heterocycles. The summed E-state index contributed by atoms with van der Waals surface area (Å²) in [6.07, 6.45) is -2.89. The maximum Gasteiger partial charge on any atom is 0.416 e. The predicted octanol–water partition coefficient (Wildman–Crippen LogP) is 1.92. The molecule has 0 unspecified atom stereocenters. The molecule has 1 N–H and O–H groups in total. The van der Waals surface area contributed by atoms with E-state index in [9.17, 15) is 23.1 Å². The van der Waals surface area contributed by atoms with Gasteiger partial charge in [0.25, 0.3) is 0 Å². The molecular formula is C17H21F3N2O2. The fourth-order valence-electron chi connectivity index (χ4n) is 3.55. The molecule has 1 amide bonds. The summed E-state index contributed by atoms with van der Waals surface area (Å²) in [7, 11) is 0. The molecule has 4 nitrogen and oxygen atoms in total. The normalized spacial score (nSPS) is 25.4. The number of hydrogen-bond donors (Lipinski definition) is 1. The molecule has 0 aliphatic carbocycles. The number of amides is 1. The maximum atomic E-state index is 12.7. The van der Waals surface area contributed by atoms with Gasteiger partial charge in [-0.25, -0.2) is 0 Å². The SMILES string of the molecule is O=C(Cc1cccc(C(F)(F)F)c1)N1C[C@H](O)[C@@H](N2CCCC2)C1. The Hall–Kier alpha value is -1.60. The van der Waals surface area contributed by atoms with Crippen molar-refractivity contribution in [2.75, 3.05) is 26.2 Å². The third kappa shape index (κ3) is 3.72. The number of carbonyl (C=O) groups is 1. The van der Waals surface area contributed by atoms with Crippen molar-refractivity contribution in [2.45, 2.75) is 37.6 Å². The van der Waals surface area contributed by atoms with Gasteiger partial charge in [0, 0.05) is 13.1 Å². The van der Waals surface area contributed by atoms with E-state index in [-0.39, 0.29) is 24.9 Å². The van der Waals surface area contributed by atoms with Crippen LogP contribution < -0.4 is 0 Å². The first-order chi connectivity index (χ1) is 11.3. The topological polar surface area (TPSA) is 43.8 Å². The van der Waals surface area contributed by atoms with Crippen LogP contribution in [0.1, 0.15) is 24.0 Å². The van der Waals surface area contributed by atoms with Crippen LogP contribution in [-0.4, -0.2) is 59.1 Å². The van der Waals surface area contributed by atoms with Crippen molar-refractivity contribution >= 4 is 5.91 Å². The number of nitrogens with zero attached hydrogens (tertiary/aromatic N) is 2. The van der Waals surface area contributed by atoms with Gasteiger partial charge in [-0.15, -0.1) is 0 Å². The van der Waals surface area contributed by atoms with Gasteiger partial charge in [-0.2, -0.15) is 13.2 Å². The Balaban J connectivity index is 1.63. The molecule has 0 spiro atoms. The Labute approximate surface area is 138 Å². The maximum absolute atomic E-state index is 12.7. The van der Waals surface area contributed by atoms with E-state index >= 15 is 0 Å². The molecule has 2 aliphatic rings. The molecule has 132 valence electrons. The number of rotatable bonds is 3. The van der Waals surface area contributed by atoms with Gasteiger partial charge in [-0.1, -0.05) is 18.2 Å². The van der Waals surface area contributed by atoms with E-state index in [2.05, 4.69) is 4.90 Å². The summed E-state index contributed by atoms with van der Waals surface area (Å²) in [6, 6.07) is 4.80. The minimum Gasteiger partial charge on any atom is -0.390 e. The highest BCUT2D eigenvalue weighted by Gasteiger charge is 2.38. The van der Waals surface area contributed by atoms with E-state index in [0.29, 0.717) is 12.1 Å². The van der Waals surface area contributed by atoms with Gasteiger partial charge in [0.05, 0.1) is 24.1 Å². The number of aliphatic hydroxyl groups excluding tert-OH is 1. The monoisotopic (exact) mass is 342 g/mol. The fraction of sp³-hybridized carbons (Fsp3) is 0.588. The molecule has 2 aliphatic heterocycles. The predicted molar refractivity (Wildman–Crippen MR) is 82.3 cm³/mol. The molecule has 0 bridgehead atoms. The van der Waals surface area contributed by atoms with Crippen LogP contribution in [0.2, 0.25) is 0 Å². The van der Waals surface area contributed by atoms with Crippen molar-refractivity contribution in [3.63, 3.8) is 0 Å². The minimum atomic E-state index is -4.41. The lowest BCUT2D eigenvalue weighted by molar-refractivity contribution is -0.138. The van der Waals surface area contributed by atoms with Gasteiger partial charge in [-0.05, 0) is 37.6 Å². The first-order valence-electron chi connectivity index (χ1n) is 8.20. The highest BCUT2D eigenvalue weighted by atomic mass is 19.4. The summed E-state index contributed by atoms with van der Waals surface area (Å²) >= 11 is 0. The summed E-state index contributed by atoms with van der Waals surface area (Å²) in [5.74, 6) is -0.241. The smallest absolute Gasteiger partial charge is 0.390 e. The van der Waals surface area contributed by atoms with Crippen molar-refractivity contribution in [2.24, 2.45) is 0 Å². The second-order valence-electron chi connectivity index (χ2n) is 6.55. The lowest BCUT2D eigenvalue weighted by Gasteiger charge is -2.25. The average Bonchev–Trinajstić information content (AvgIpc) is 3.15. The molecule has 3 rings (SSSR count). The van der Waals surface area contributed by atoms with E-state index in [4.69, 9.17) is 0 Å². The highest BCUT2D eigenvalue weighted by molar-refractivity contribution is 5.79. The zero-order valence-electron chi connectivity index (χ0n) is 13.3. The number of hydrogen-bond acceptors (Lipinski definition) is 3. The van der Waals surface area contributed by atoms with Crippen LogP contribution in [0, 0.1) is 0 Å². The summed E-state index contributed by atoms with van der Waals surface area (Å²) in [5.41, 5.74) is -0.405. The van der Waals surface area contributed by atoms with Crippen LogP contribution in [0.3, 0.4) is 0 Å². The van der Waals surface area contributed by atoms with Gasteiger partial charge in [0.1, 0.15) is 0 Å². The van der Waals surface area contributed by atoms with Crippen molar-refractivity contribution in [1.29, 1.82) is 0 Å². The molecule has 2 fully saturated rings. The van der Waals surface area contributed by atoms with Crippen LogP contribution in [0.15, 0.2) is 24.3 Å². The second-order valence-corrected chi connectivity index (χ2v) is 6.55. The molecule has 24 heavy (non-hydrogen) atoms. The van der Waals surface area contributed by atoms with Crippen LogP contribution >= 0.6 is 0 Å². The van der Waals surface area contributed by atoms with Gasteiger partial charge in [0.15, 0.2) is 0 Å². The Morgan fingerprint density at radius 2 is 1.92 bits per heavy atom. The second kappa shape index (κ2) is 6.72. The molecule has 1 aromatic rings. The Bertz CT molecular complexity index is 600. The summed E-state index contributed by atoms with van der Waals surface area (Å²) in [6.45, 7) is 2.55. The number of aliphatic hydroxyl groups is 1. The van der Waals surface area contributed by atoms with Crippen LogP contribution in [0.25, 0.3) is 0 Å². The number of halogens is 3. The molecule has 2 heterocycles. The Morgan fingerprint density at radius 3 is 2.58 bits per heavy atom. The summed E-state index contributed by atoms with van der Waals surface area (Å²) in [5, 5.41) is 10.2. The van der Waals surface area contributed by atoms with Gasteiger partial charge >= 0.3 is 6.18 Å². The lowest BCUT2D eigenvalue weighted by Crippen LogP contribution is -2.41. The highest BCUT2D eigenvalue weighted by Crippen LogP contribution is 2.30. The van der Waals surface area contributed by atoms with Gasteiger partial charge in [-0.3, -0.25) is 9.69 Å². The largest absolute Gasteiger partial charge is 0.416 e. The Kier molecular flexibility index (Phi) is 4.83. The zero-order chi connectivity index (χ0) is 17.3. The van der Waals surface area contributed by atoms with E-state index in [0.717, 1.165) is 38.1 Å². The third-order valence-electron chi connectivity index (χ3n) is 4.83. The van der Waals surface area contributed by atoms with Crippen LogP contribution in [-0.2, 0) is 17.4 Å². The van der Waals surface area contributed by atoms with E-state index in [1.54, 1.807) is 4.90 Å². The van der Waals surface area contributed by atoms with Crippen LogP contribution in [0.4, 0.5) is 13.2 Å². The Morgan fingerprint density at radius 1 is 1.21 bits per heavy atom. The molecule has 2 atom stereocenters. The number of carbonyl (C=O) groups excluding carboxylic acids is 1. The van der Waals surface area contributed by atoms with E-state index in [1.807, 2.05) is 0 Å². The van der Waals surface area contributed by atoms with Crippen LogP contribution in [0.5, 0.6) is 0 Å². The lowest BCUT2D eigenvalue weighted by atomic mass is 10.1. The average molecular weight is 342 g/mol. The molecular weight excluding hydrogens is 321 g/mol. The molecule has 2 saturated heterocycles. The van der Waals surface area contributed by atoms with Crippen molar-refractivity contribution in [3.05, 3.63) is 35.4 Å². The first kappa shape index (κ1) is 17.2. The van der Waals surface area contributed by atoms with E-state index < -0.39 is 17.8 Å². The number of benzene rings is 1. The van der Waals surface area contributed by atoms with E-state index in [1.165, 1.54) is 12.1 Å². The molecule has 0 saturated carbocycles. The number of alkyl halides is 3. The number of likely N-dealkylation sites (tertiary alicyclic amines) is 2. The summed E-state index contributed by atoms with van der Waals surface area (Å²) < 4.78 is 38.2. The molecule has 7 heteroatoms. The standard InChI is InChI=1S/C17H21F3N2O2/c18-17(19,20)13-5-3-4-12(8-13)9-16(24)22-10-14(15(23)11-22)21-6-1-2-7-21/h3-5,8,14-15,23H,1-2,6-7,9-11H2/t14-,15-/m0/s1. The molecule has 0 radical (unpaired) electrons. The van der Waals surface area contributed by atoms with Gasteiger partial charge < -0.3 is 10.0 Å². The van der Waals surface area contributed by atoms with Gasteiger partial charge in [0.2, 0.25) is 5.91 Å². The first-order valence-corrected chi connectivity index (χ1v) is 8.20. The minimum absolute atomic E-state index is 0.0574. The van der Waals surface area contributed by atoms with Crippen molar-refractivity contribution in [1.82, 2.24) is 9.80 Å². The third-order valence-corrected chi connectivity index (χ3v) is 4.83. The van der Waals surface area contributed by atoms with Crippen molar-refractivity contribution < 1.29 is 23.1 Å². The number of β-amino-alcohol motifs (C(OH)–C–C–N with tert-alkyl or cyclic N) is 1. The quantitative estimate of drug-likeness (QED) is 0.913. The summed E-state index contributed by atoms with van der Waals surface area (Å²) in [4.78, 5) is 16.2.